The maximum Gasteiger partial charge on any atom is 0.389 e. The number of carbonyl (C=O) groups is 1. The predicted octanol–water partition coefficient (Wildman–Crippen LogP) is 3.62. The van der Waals surface area contributed by atoms with Gasteiger partial charge in [-0.25, -0.2) is 0 Å². The van der Waals surface area contributed by atoms with Crippen LogP contribution in [0.2, 0.25) is 0 Å². The van der Waals surface area contributed by atoms with Gasteiger partial charge in [0.15, 0.2) is 5.78 Å². The van der Waals surface area contributed by atoms with Crippen molar-refractivity contribution in [2.75, 3.05) is 13.7 Å². The van der Waals surface area contributed by atoms with E-state index in [-0.39, 0.29) is 30.1 Å². The molecule has 106 valence electrons. The monoisotopic (exact) mass is 276 g/mol. The molecule has 0 radical (unpaired) electrons. The molecule has 0 N–H and O–H groups in total. The van der Waals surface area contributed by atoms with Gasteiger partial charge >= 0.3 is 6.18 Å². The maximum atomic E-state index is 12.0. The summed E-state index contributed by atoms with van der Waals surface area (Å²) < 4.78 is 46.2. The molecule has 0 bridgehead atoms. The van der Waals surface area contributed by atoms with Crippen LogP contribution in [0.25, 0.3) is 0 Å². The lowest BCUT2D eigenvalue weighted by Crippen LogP contribution is -2.11. The Bertz CT molecular complexity index is 441. The van der Waals surface area contributed by atoms with E-state index in [1.807, 2.05) is 0 Å². The standard InChI is InChI=1S/C13H15F3O3/c1-9(17)12-10(18-2)5-3-6-11(12)19-8-4-7-13(14,15)16/h3,5-6H,4,7-8H2,1-2H3. The van der Waals surface area contributed by atoms with E-state index in [0.29, 0.717) is 5.75 Å². The van der Waals surface area contributed by atoms with Crippen molar-refractivity contribution in [3.63, 3.8) is 0 Å². The van der Waals surface area contributed by atoms with E-state index in [1.54, 1.807) is 12.1 Å². The predicted molar refractivity (Wildman–Crippen MR) is 63.8 cm³/mol. The third kappa shape index (κ3) is 4.81. The molecule has 0 aliphatic rings. The van der Waals surface area contributed by atoms with Crippen LogP contribution in [-0.2, 0) is 0 Å². The van der Waals surface area contributed by atoms with Crippen LogP contribution < -0.4 is 9.47 Å². The van der Waals surface area contributed by atoms with Gasteiger partial charge in [0.1, 0.15) is 17.1 Å². The fourth-order valence-electron chi connectivity index (χ4n) is 1.60. The van der Waals surface area contributed by atoms with Gasteiger partial charge in [-0.1, -0.05) is 6.07 Å². The van der Waals surface area contributed by atoms with Gasteiger partial charge in [-0.05, 0) is 25.5 Å². The topological polar surface area (TPSA) is 35.5 Å². The highest BCUT2D eigenvalue weighted by atomic mass is 19.4. The molecular weight excluding hydrogens is 261 g/mol. The summed E-state index contributed by atoms with van der Waals surface area (Å²) in [7, 11) is 1.41. The number of rotatable bonds is 6. The Balaban J connectivity index is 2.70. The first-order chi connectivity index (χ1) is 8.85. The van der Waals surface area contributed by atoms with Gasteiger partial charge in [0.25, 0.3) is 0 Å². The zero-order chi connectivity index (χ0) is 14.5. The fraction of sp³-hybridized carbons (Fsp3) is 0.462. The summed E-state index contributed by atoms with van der Waals surface area (Å²) in [6.07, 6.45) is -5.26. The normalized spacial score (nSPS) is 11.2. The lowest BCUT2D eigenvalue weighted by molar-refractivity contribution is -0.136. The molecule has 0 fully saturated rings. The lowest BCUT2D eigenvalue weighted by atomic mass is 10.1. The van der Waals surface area contributed by atoms with Crippen molar-refractivity contribution in [3.05, 3.63) is 23.8 Å². The van der Waals surface area contributed by atoms with Crippen LogP contribution >= 0.6 is 0 Å². The average molecular weight is 276 g/mol. The number of alkyl halides is 3. The number of methoxy groups -OCH3 is 1. The SMILES string of the molecule is COc1cccc(OCCCC(F)(F)F)c1C(C)=O. The van der Waals surface area contributed by atoms with Crippen LogP contribution in [0.15, 0.2) is 18.2 Å². The molecular formula is C13H15F3O3. The van der Waals surface area contributed by atoms with Gasteiger partial charge in [-0.3, -0.25) is 4.79 Å². The quantitative estimate of drug-likeness (QED) is 0.588. The smallest absolute Gasteiger partial charge is 0.389 e. The molecule has 0 aliphatic heterocycles. The van der Waals surface area contributed by atoms with Crippen molar-refractivity contribution in [2.24, 2.45) is 0 Å². The van der Waals surface area contributed by atoms with E-state index in [2.05, 4.69) is 0 Å². The van der Waals surface area contributed by atoms with E-state index in [4.69, 9.17) is 9.47 Å². The molecule has 0 aliphatic carbocycles. The van der Waals surface area contributed by atoms with Crippen molar-refractivity contribution in [1.82, 2.24) is 0 Å². The maximum absolute atomic E-state index is 12.0. The molecule has 0 atom stereocenters. The third-order valence-corrected chi connectivity index (χ3v) is 2.42. The molecule has 0 saturated carbocycles. The Morgan fingerprint density at radius 2 is 1.89 bits per heavy atom. The molecule has 0 saturated heterocycles. The summed E-state index contributed by atoms with van der Waals surface area (Å²) in [5, 5.41) is 0. The molecule has 1 rings (SSSR count). The van der Waals surface area contributed by atoms with Crippen LogP contribution in [0, 0.1) is 0 Å². The highest BCUT2D eigenvalue weighted by molar-refractivity contribution is 5.99. The summed E-state index contributed by atoms with van der Waals surface area (Å²) >= 11 is 0. The summed E-state index contributed by atoms with van der Waals surface area (Å²) in [5.74, 6) is 0.332. The highest BCUT2D eigenvalue weighted by Crippen LogP contribution is 2.29. The Morgan fingerprint density at radius 1 is 1.26 bits per heavy atom. The van der Waals surface area contributed by atoms with Crippen molar-refractivity contribution in [1.29, 1.82) is 0 Å². The molecule has 0 heterocycles. The summed E-state index contributed by atoms with van der Waals surface area (Å²) in [5.41, 5.74) is 0.247. The Hall–Kier alpha value is -1.72. The average Bonchev–Trinajstić information content (AvgIpc) is 2.32. The molecule has 6 heteroatoms. The number of hydrogen-bond acceptors (Lipinski definition) is 3. The van der Waals surface area contributed by atoms with Gasteiger partial charge in [-0.15, -0.1) is 0 Å². The van der Waals surface area contributed by atoms with Crippen LogP contribution in [0.4, 0.5) is 13.2 Å². The molecule has 0 spiro atoms. The molecule has 1 aromatic rings. The summed E-state index contributed by atoms with van der Waals surface area (Å²) in [6, 6.07) is 4.75. The first-order valence-electron chi connectivity index (χ1n) is 5.72. The van der Waals surface area contributed by atoms with Gasteiger partial charge < -0.3 is 9.47 Å². The van der Waals surface area contributed by atoms with Crippen molar-refractivity contribution in [3.8, 4) is 11.5 Å². The zero-order valence-corrected chi connectivity index (χ0v) is 10.7. The minimum absolute atomic E-state index is 0.104. The minimum Gasteiger partial charge on any atom is -0.496 e. The second-order valence-corrected chi connectivity index (χ2v) is 3.96. The van der Waals surface area contributed by atoms with Crippen molar-refractivity contribution in [2.45, 2.75) is 25.9 Å². The van der Waals surface area contributed by atoms with Crippen molar-refractivity contribution < 1.29 is 27.4 Å². The van der Waals surface area contributed by atoms with Crippen LogP contribution in [0.3, 0.4) is 0 Å². The second kappa shape index (κ2) is 6.45. The van der Waals surface area contributed by atoms with Gasteiger partial charge in [0.05, 0.1) is 13.7 Å². The van der Waals surface area contributed by atoms with E-state index in [1.165, 1.54) is 20.1 Å². The van der Waals surface area contributed by atoms with Crippen LogP contribution in [0.1, 0.15) is 30.1 Å². The molecule has 0 aromatic heterocycles. The van der Waals surface area contributed by atoms with E-state index >= 15 is 0 Å². The fourth-order valence-corrected chi connectivity index (χ4v) is 1.60. The first kappa shape index (κ1) is 15.3. The van der Waals surface area contributed by atoms with E-state index in [9.17, 15) is 18.0 Å². The largest absolute Gasteiger partial charge is 0.496 e. The van der Waals surface area contributed by atoms with Crippen LogP contribution in [-0.4, -0.2) is 25.7 Å². The number of hydrogen-bond donors (Lipinski definition) is 0. The number of carbonyl (C=O) groups excluding carboxylic acids is 1. The summed E-state index contributed by atoms with van der Waals surface area (Å²) in [4.78, 5) is 11.5. The number of Topliss-reactive ketones (excluding diaryl/α,β-unsaturated/α-hetero) is 1. The third-order valence-electron chi connectivity index (χ3n) is 2.42. The van der Waals surface area contributed by atoms with Gasteiger partial charge in [0, 0.05) is 6.42 Å². The zero-order valence-electron chi connectivity index (χ0n) is 10.7. The van der Waals surface area contributed by atoms with E-state index < -0.39 is 12.6 Å². The van der Waals surface area contributed by atoms with Gasteiger partial charge in [0.2, 0.25) is 0 Å². The molecule has 3 nitrogen and oxygen atoms in total. The van der Waals surface area contributed by atoms with Gasteiger partial charge in [-0.2, -0.15) is 13.2 Å². The Kier molecular flexibility index (Phi) is 5.20. The van der Waals surface area contributed by atoms with E-state index in [0.717, 1.165) is 0 Å². The van der Waals surface area contributed by atoms with Crippen LogP contribution in [0.5, 0.6) is 11.5 Å². The Morgan fingerprint density at radius 3 is 2.42 bits per heavy atom. The number of ether oxygens (including phenoxy) is 2. The number of benzene rings is 1. The minimum atomic E-state index is -4.19. The van der Waals surface area contributed by atoms with Crippen molar-refractivity contribution >= 4 is 5.78 Å². The highest BCUT2D eigenvalue weighted by Gasteiger charge is 2.26. The Labute approximate surface area is 109 Å². The molecule has 0 unspecified atom stereocenters. The molecule has 19 heavy (non-hydrogen) atoms. The lowest BCUT2D eigenvalue weighted by Gasteiger charge is -2.13. The number of halogens is 3. The molecule has 0 amide bonds. The summed E-state index contributed by atoms with van der Waals surface area (Å²) in [6.45, 7) is 1.24. The molecule has 1 aromatic carbocycles. The second-order valence-electron chi connectivity index (χ2n) is 3.96. The first-order valence-corrected chi connectivity index (χ1v) is 5.72. The number of ketones is 1.